The number of hydrogen-bond acceptors (Lipinski definition) is 1. The average molecular weight is 360 g/mol. The lowest BCUT2D eigenvalue weighted by Gasteiger charge is -2.10. The number of ether oxygens (including phenoxy) is 1. The Labute approximate surface area is 131 Å². The molecule has 0 unspecified atom stereocenters. The molecule has 2 rings (SSSR count). The van der Waals surface area contributed by atoms with E-state index in [1.807, 2.05) is 31.2 Å². The largest absolute Gasteiger partial charge is 0.490 e. The van der Waals surface area contributed by atoms with Gasteiger partial charge in [-0.1, -0.05) is 51.3 Å². The Kier molecular flexibility index (Phi) is 5.14. The van der Waals surface area contributed by atoms with Gasteiger partial charge in [0.2, 0.25) is 0 Å². The molecule has 0 bridgehead atoms. The fourth-order valence-electron chi connectivity index (χ4n) is 1.75. The standard InChI is InChI=1S/C15H13BrCl2O/c1-10-8-13(17)15(14(18)9-10)19-7-6-11-2-4-12(16)5-3-11/h2-5,8-9H,6-7H2,1H3. The molecule has 0 heterocycles. The van der Waals surface area contributed by atoms with E-state index >= 15 is 0 Å². The maximum Gasteiger partial charge on any atom is 0.156 e. The zero-order chi connectivity index (χ0) is 13.8. The molecule has 0 amide bonds. The minimum Gasteiger partial charge on any atom is -0.490 e. The molecular weight excluding hydrogens is 347 g/mol. The Morgan fingerprint density at radius 1 is 1.05 bits per heavy atom. The van der Waals surface area contributed by atoms with Crippen LogP contribution in [0.5, 0.6) is 5.75 Å². The minimum absolute atomic E-state index is 0.546. The Bertz CT molecular complexity index is 544. The van der Waals surface area contributed by atoms with E-state index in [9.17, 15) is 0 Å². The second kappa shape index (κ2) is 6.65. The Morgan fingerprint density at radius 3 is 2.21 bits per heavy atom. The van der Waals surface area contributed by atoms with Gasteiger partial charge in [-0.2, -0.15) is 0 Å². The monoisotopic (exact) mass is 358 g/mol. The zero-order valence-corrected chi connectivity index (χ0v) is 13.5. The predicted molar refractivity (Wildman–Crippen MR) is 84.5 cm³/mol. The zero-order valence-electron chi connectivity index (χ0n) is 10.4. The third-order valence-corrected chi connectivity index (χ3v) is 3.78. The number of hydrogen-bond donors (Lipinski definition) is 0. The first kappa shape index (κ1) is 14.7. The highest BCUT2D eigenvalue weighted by atomic mass is 79.9. The van der Waals surface area contributed by atoms with Crippen molar-refractivity contribution >= 4 is 39.1 Å². The summed E-state index contributed by atoms with van der Waals surface area (Å²) in [6.45, 7) is 2.49. The summed E-state index contributed by atoms with van der Waals surface area (Å²) in [6.07, 6.45) is 0.813. The van der Waals surface area contributed by atoms with Crippen molar-refractivity contribution in [2.24, 2.45) is 0 Å². The van der Waals surface area contributed by atoms with Crippen molar-refractivity contribution in [2.75, 3.05) is 6.61 Å². The highest BCUT2D eigenvalue weighted by molar-refractivity contribution is 9.10. The van der Waals surface area contributed by atoms with E-state index in [2.05, 4.69) is 28.1 Å². The van der Waals surface area contributed by atoms with Crippen molar-refractivity contribution in [3.8, 4) is 5.75 Å². The van der Waals surface area contributed by atoms with Gasteiger partial charge >= 0.3 is 0 Å². The van der Waals surface area contributed by atoms with Crippen LogP contribution in [0.2, 0.25) is 10.0 Å². The van der Waals surface area contributed by atoms with Crippen molar-refractivity contribution in [2.45, 2.75) is 13.3 Å². The summed E-state index contributed by atoms with van der Waals surface area (Å²) in [5.41, 5.74) is 2.23. The van der Waals surface area contributed by atoms with E-state index in [1.54, 1.807) is 0 Å². The van der Waals surface area contributed by atoms with Gasteiger partial charge in [-0.3, -0.25) is 0 Å². The lowest BCUT2D eigenvalue weighted by atomic mass is 10.2. The summed E-state index contributed by atoms with van der Waals surface area (Å²) in [4.78, 5) is 0. The smallest absolute Gasteiger partial charge is 0.156 e. The Morgan fingerprint density at radius 2 is 1.63 bits per heavy atom. The molecule has 0 aliphatic heterocycles. The van der Waals surface area contributed by atoms with Crippen LogP contribution in [0.15, 0.2) is 40.9 Å². The normalized spacial score (nSPS) is 10.5. The summed E-state index contributed by atoms with van der Waals surface area (Å²) in [5, 5.41) is 1.11. The lowest BCUT2D eigenvalue weighted by molar-refractivity contribution is 0.322. The quantitative estimate of drug-likeness (QED) is 0.681. The predicted octanol–water partition coefficient (Wildman–Crippen LogP) is 5.69. The molecule has 4 heteroatoms. The van der Waals surface area contributed by atoms with Gasteiger partial charge in [0.1, 0.15) is 0 Å². The molecule has 2 aromatic rings. The van der Waals surface area contributed by atoms with E-state index in [0.717, 1.165) is 16.5 Å². The van der Waals surface area contributed by atoms with Crippen molar-refractivity contribution < 1.29 is 4.74 Å². The van der Waals surface area contributed by atoms with Crippen LogP contribution in [0.3, 0.4) is 0 Å². The molecule has 0 radical (unpaired) electrons. The van der Waals surface area contributed by atoms with Gasteiger partial charge in [0.05, 0.1) is 16.7 Å². The fourth-order valence-corrected chi connectivity index (χ4v) is 2.72. The van der Waals surface area contributed by atoms with Crippen LogP contribution in [0.4, 0.5) is 0 Å². The molecule has 0 aliphatic rings. The van der Waals surface area contributed by atoms with Crippen LogP contribution in [0, 0.1) is 6.92 Å². The number of halogens is 3. The first-order valence-electron chi connectivity index (χ1n) is 5.89. The van der Waals surface area contributed by atoms with Crippen LogP contribution < -0.4 is 4.74 Å². The maximum atomic E-state index is 6.12. The highest BCUT2D eigenvalue weighted by Gasteiger charge is 2.08. The van der Waals surface area contributed by atoms with Gasteiger partial charge in [-0.25, -0.2) is 0 Å². The van der Waals surface area contributed by atoms with Gasteiger partial charge in [-0.15, -0.1) is 0 Å². The molecule has 2 aromatic carbocycles. The summed E-state index contributed by atoms with van der Waals surface area (Å²) < 4.78 is 6.75. The SMILES string of the molecule is Cc1cc(Cl)c(OCCc2ccc(Br)cc2)c(Cl)c1. The van der Waals surface area contributed by atoms with E-state index in [-0.39, 0.29) is 0 Å². The summed E-state index contributed by atoms with van der Waals surface area (Å²) in [7, 11) is 0. The van der Waals surface area contributed by atoms with Crippen LogP contribution in [0.1, 0.15) is 11.1 Å². The minimum atomic E-state index is 0.546. The van der Waals surface area contributed by atoms with Crippen molar-refractivity contribution in [3.05, 3.63) is 62.0 Å². The molecule has 0 fully saturated rings. The van der Waals surface area contributed by atoms with Crippen molar-refractivity contribution in [3.63, 3.8) is 0 Å². The summed E-state index contributed by atoms with van der Waals surface area (Å²) in [5.74, 6) is 0.561. The molecular formula is C15H13BrCl2O. The van der Waals surface area contributed by atoms with Gasteiger partial charge in [-0.05, 0) is 42.3 Å². The fraction of sp³-hybridized carbons (Fsp3) is 0.200. The van der Waals surface area contributed by atoms with E-state index < -0.39 is 0 Å². The summed E-state index contributed by atoms with van der Waals surface area (Å²) in [6, 6.07) is 11.9. The topological polar surface area (TPSA) is 9.23 Å². The van der Waals surface area contributed by atoms with Crippen LogP contribution >= 0.6 is 39.1 Å². The maximum absolute atomic E-state index is 6.12. The Hall–Kier alpha value is -0.700. The van der Waals surface area contributed by atoms with Gasteiger partial charge in [0.15, 0.2) is 5.75 Å². The first-order valence-corrected chi connectivity index (χ1v) is 7.44. The number of benzene rings is 2. The molecule has 0 N–H and O–H groups in total. The van der Waals surface area contributed by atoms with Crippen LogP contribution in [-0.4, -0.2) is 6.61 Å². The lowest BCUT2D eigenvalue weighted by Crippen LogP contribution is -2.02. The third kappa shape index (κ3) is 4.13. The average Bonchev–Trinajstić information content (AvgIpc) is 2.34. The van der Waals surface area contributed by atoms with Crippen LogP contribution in [-0.2, 0) is 6.42 Å². The molecule has 0 spiro atoms. The van der Waals surface area contributed by atoms with Crippen molar-refractivity contribution in [1.82, 2.24) is 0 Å². The summed E-state index contributed by atoms with van der Waals surface area (Å²) >= 11 is 15.7. The highest BCUT2D eigenvalue weighted by Crippen LogP contribution is 2.34. The van der Waals surface area contributed by atoms with Crippen LogP contribution in [0.25, 0.3) is 0 Å². The first-order chi connectivity index (χ1) is 9.06. The third-order valence-electron chi connectivity index (χ3n) is 2.69. The van der Waals surface area contributed by atoms with E-state index in [1.165, 1.54) is 5.56 Å². The molecule has 100 valence electrons. The number of rotatable bonds is 4. The molecule has 0 saturated heterocycles. The molecule has 0 aromatic heterocycles. The van der Waals surface area contributed by atoms with Crippen molar-refractivity contribution in [1.29, 1.82) is 0 Å². The Balaban J connectivity index is 1.98. The second-order valence-corrected chi connectivity index (χ2v) is 6.01. The molecule has 0 aliphatic carbocycles. The van der Waals surface area contributed by atoms with Gasteiger partial charge in [0, 0.05) is 10.9 Å². The van der Waals surface area contributed by atoms with Gasteiger partial charge in [0.25, 0.3) is 0 Å². The van der Waals surface area contributed by atoms with E-state index in [0.29, 0.717) is 22.4 Å². The van der Waals surface area contributed by atoms with Gasteiger partial charge < -0.3 is 4.74 Å². The molecule has 0 saturated carbocycles. The van der Waals surface area contributed by atoms with E-state index in [4.69, 9.17) is 27.9 Å². The molecule has 19 heavy (non-hydrogen) atoms. The molecule has 1 nitrogen and oxygen atoms in total. The second-order valence-electron chi connectivity index (χ2n) is 4.28. The number of aryl methyl sites for hydroxylation is 1. The molecule has 0 atom stereocenters.